The molecule has 1 aliphatic carbocycles. The van der Waals surface area contributed by atoms with E-state index in [2.05, 4.69) is 0 Å². The van der Waals surface area contributed by atoms with Gasteiger partial charge in [0.05, 0.1) is 12.2 Å². The van der Waals surface area contributed by atoms with E-state index in [1.807, 2.05) is 0 Å². The summed E-state index contributed by atoms with van der Waals surface area (Å²) in [6.45, 7) is 1.32. The number of hydrogen-bond acceptors (Lipinski definition) is 3. The first-order valence-electron chi connectivity index (χ1n) is 6.85. The molecule has 0 spiro atoms. The fourth-order valence-corrected chi connectivity index (χ4v) is 1.90. The first-order valence-corrected chi connectivity index (χ1v) is 6.85. The van der Waals surface area contributed by atoms with Gasteiger partial charge >= 0.3 is 12.1 Å². The largest absolute Gasteiger partial charge is 0.462 e. The van der Waals surface area contributed by atoms with Crippen molar-refractivity contribution in [1.29, 1.82) is 0 Å². The molecular weight excluding hydrogens is 297 g/mol. The molecule has 118 valence electrons. The van der Waals surface area contributed by atoms with Gasteiger partial charge in [-0.15, -0.1) is 0 Å². The highest BCUT2D eigenvalue weighted by atomic mass is 19.4. The van der Waals surface area contributed by atoms with E-state index < -0.39 is 23.5 Å². The Balaban J connectivity index is 2.29. The highest BCUT2D eigenvalue weighted by molar-refractivity contribution is 6.19. The van der Waals surface area contributed by atoms with E-state index in [9.17, 15) is 22.8 Å². The minimum Gasteiger partial charge on any atom is -0.462 e. The van der Waals surface area contributed by atoms with Gasteiger partial charge in [-0.05, 0) is 43.4 Å². The molecule has 3 nitrogen and oxygen atoms in total. The number of halogens is 3. The number of ketones is 1. The van der Waals surface area contributed by atoms with Crippen molar-refractivity contribution in [1.82, 2.24) is 0 Å². The van der Waals surface area contributed by atoms with Crippen molar-refractivity contribution in [3.8, 4) is 0 Å². The van der Waals surface area contributed by atoms with Gasteiger partial charge in [0, 0.05) is 0 Å². The standard InChI is InChI=1S/C16H15F3O3/c1-10(20)13(15(21)22-9-11-6-7-11)8-12-4-2-3-5-14(12)16(17,18)19/h2-5,8,11H,6-7,9H2,1H3. The molecule has 0 saturated heterocycles. The maximum atomic E-state index is 12.9. The topological polar surface area (TPSA) is 43.4 Å². The van der Waals surface area contributed by atoms with Gasteiger partial charge in [-0.25, -0.2) is 4.79 Å². The molecule has 1 fully saturated rings. The summed E-state index contributed by atoms with van der Waals surface area (Å²) in [6.07, 6.45) is -1.69. The molecule has 0 aliphatic heterocycles. The predicted octanol–water partition coefficient (Wildman–Crippen LogP) is 3.63. The van der Waals surface area contributed by atoms with Gasteiger partial charge in [0.25, 0.3) is 0 Å². The minimum atomic E-state index is -4.56. The van der Waals surface area contributed by atoms with Crippen LogP contribution in [0.15, 0.2) is 29.8 Å². The van der Waals surface area contributed by atoms with Crippen molar-refractivity contribution >= 4 is 17.8 Å². The molecule has 0 atom stereocenters. The smallest absolute Gasteiger partial charge is 0.416 e. The summed E-state index contributed by atoms with van der Waals surface area (Å²) in [5, 5.41) is 0. The number of ether oxygens (including phenoxy) is 1. The van der Waals surface area contributed by atoms with Crippen LogP contribution in [0.4, 0.5) is 13.2 Å². The van der Waals surface area contributed by atoms with E-state index in [1.54, 1.807) is 0 Å². The molecule has 0 unspecified atom stereocenters. The average molecular weight is 312 g/mol. The van der Waals surface area contributed by atoms with Crippen molar-refractivity contribution in [3.63, 3.8) is 0 Å². The van der Waals surface area contributed by atoms with Crippen molar-refractivity contribution in [3.05, 3.63) is 41.0 Å². The summed E-state index contributed by atoms with van der Waals surface area (Å²) in [4.78, 5) is 23.5. The SMILES string of the molecule is CC(=O)C(=Cc1ccccc1C(F)(F)F)C(=O)OCC1CC1. The van der Waals surface area contributed by atoms with Gasteiger partial charge in [-0.3, -0.25) is 4.79 Å². The number of Topliss-reactive ketones (excluding diaryl/α,β-unsaturated/α-hetero) is 1. The Bertz CT molecular complexity index is 613. The van der Waals surface area contributed by atoms with Gasteiger partial charge in [0.15, 0.2) is 5.78 Å². The van der Waals surface area contributed by atoms with Crippen molar-refractivity contribution < 1.29 is 27.5 Å². The van der Waals surface area contributed by atoms with Crippen LogP contribution < -0.4 is 0 Å². The van der Waals surface area contributed by atoms with E-state index >= 15 is 0 Å². The molecule has 1 aromatic carbocycles. The number of rotatable bonds is 5. The van der Waals surface area contributed by atoms with Crippen LogP contribution in [0.1, 0.15) is 30.9 Å². The van der Waals surface area contributed by atoms with Crippen LogP contribution in [0.25, 0.3) is 6.08 Å². The quantitative estimate of drug-likeness (QED) is 0.361. The zero-order valence-corrected chi connectivity index (χ0v) is 11.9. The fourth-order valence-electron chi connectivity index (χ4n) is 1.90. The Morgan fingerprint density at radius 2 is 1.91 bits per heavy atom. The van der Waals surface area contributed by atoms with Gasteiger partial charge in [0.1, 0.15) is 5.57 Å². The lowest BCUT2D eigenvalue weighted by atomic mass is 10.0. The van der Waals surface area contributed by atoms with Crippen molar-refractivity contribution in [2.75, 3.05) is 6.61 Å². The number of alkyl halides is 3. The summed E-state index contributed by atoms with van der Waals surface area (Å²) in [7, 11) is 0. The van der Waals surface area contributed by atoms with Gasteiger partial charge in [-0.2, -0.15) is 13.2 Å². The Morgan fingerprint density at radius 1 is 1.27 bits per heavy atom. The molecule has 0 heterocycles. The third kappa shape index (κ3) is 4.19. The van der Waals surface area contributed by atoms with Crippen LogP contribution in [0.2, 0.25) is 0 Å². The Morgan fingerprint density at radius 3 is 2.45 bits per heavy atom. The second-order valence-electron chi connectivity index (χ2n) is 5.24. The molecule has 22 heavy (non-hydrogen) atoms. The molecule has 1 saturated carbocycles. The van der Waals surface area contributed by atoms with Crippen LogP contribution in [0, 0.1) is 5.92 Å². The molecule has 0 amide bonds. The van der Waals surface area contributed by atoms with Crippen molar-refractivity contribution in [2.45, 2.75) is 25.9 Å². The highest BCUT2D eigenvalue weighted by Crippen LogP contribution is 2.33. The van der Waals surface area contributed by atoms with Crippen LogP contribution in [-0.2, 0) is 20.5 Å². The Hall–Kier alpha value is -2.11. The Kier molecular flexibility index (Phi) is 4.68. The number of benzene rings is 1. The normalized spacial score (nSPS) is 15.5. The fraction of sp³-hybridized carbons (Fsp3) is 0.375. The molecule has 2 rings (SSSR count). The van der Waals surface area contributed by atoms with Crippen LogP contribution in [0.5, 0.6) is 0 Å². The second kappa shape index (κ2) is 6.34. The summed E-state index contributed by atoms with van der Waals surface area (Å²) in [5.41, 5.74) is -1.51. The lowest BCUT2D eigenvalue weighted by molar-refractivity contribution is -0.141. The van der Waals surface area contributed by atoms with Crippen molar-refractivity contribution in [2.24, 2.45) is 5.92 Å². The molecular formula is C16H15F3O3. The summed E-state index contributed by atoms with van der Waals surface area (Å²) in [6, 6.07) is 4.77. The van der Waals surface area contributed by atoms with E-state index in [1.165, 1.54) is 18.2 Å². The molecule has 0 N–H and O–H groups in total. The van der Waals surface area contributed by atoms with E-state index in [-0.39, 0.29) is 17.7 Å². The highest BCUT2D eigenvalue weighted by Gasteiger charge is 2.33. The first-order chi connectivity index (χ1) is 10.3. The van der Waals surface area contributed by atoms with Gasteiger partial charge in [-0.1, -0.05) is 18.2 Å². The summed E-state index contributed by atoms with van der Waals surface area (Å²) < 4.78 is 43.8. The van der Waals surface area contributed by atoms with E-state index in [4.69, 9.17) is 4.74 Å². The average Bonchev–Trinajstić information content (AvgIpc) is 3.25. The minimum absolute atomic E-state index is 0.199. The maximum Gasteiger partial charge on any atom is 0.416 e. The number of hydrogen-bond donors (Lipinski definition) is 0. The third-order valence-corrected chi connectivity index (χ3v) is 3.31. The predicted molar refractivity (Wildman–Crippen MR) is 73.8 cm³/mol. The Labute approximate surface area is 125 Å². The number of esters is 1. The zero-order valence-electron chi connectivity index (χ0n) is 11.9. The van der Waals surface area contributed by atoms with Crippen LogP contribution in [0.3, 0.4) is 0 Å². The maximum absolute atomic E-state index is 12.9. The first kappa shape index (κ1) is 16.3. The number of carbonyl (C=O) groups is 2. The zero-order chi connectivity index (χ0) is 16.3. The molecule has 0 radical (unpaired) electrons. The van der Waals surface area contributed by atoms with E-state index in [0.717, 1.165) is 31.9 Å². The molecule has 0 bridgehead atoms. The molecule has 0 aromatic heterocycles. The molecule has 1 aliphatic rings. The van der Waals surface area contributed by atoms with Gasteiger partial charge in [0.2, 0.25) is 0 Å². The lowest BCUT2D eigenvalue weighted by Gasteiger charge is -2.11. The summed E-state index contributed by atoms with van der Waals surface area (Å²) >= 11 is 0. The third-order valence-electron chi connectivity index (χ3n) is 3.31. The van der Waals surface area contributed by atoms with E-state index in [0.29, 0.717) is 5.92 Å². The van der Waals surface area contributed by atoms with Crippen LogP contribution in [-0.4, -0.2) is 18.4 Å². The van der Waals surface area contributed by atoms with Crippen LogP contribution >= 0.6 is 0 Å². The molecule has 1 aromatic rings. The van der Waals surface area contributed by atoms with Gasteiger partial charge < -0.3 is 4.74 Å². The molecule has 6 heteroatoms. The number of carbonyl (C=O) groups excluding carboxylic acids is 2. The lowest BCUT2D eigenvalue weighted by Crippen LogP contribution is -2.15. The summed E-state index contributed by atoms with van der Waals surface area (Å²) in [5.74, 6) is -1.20. The second-order valence-corrected chi connectivity index (χ2v) is 5.24. The monoisotopic (exact) mass is 312 g/mol.